The van der Waals surface area contributed by atoms with Crippen LogP contribution in [0.2, 0.25) is 0 Å². The summed E-state index contributed by atoms with van der Waals surface area (Å²) >= 11 is 0. The van der Waals surface area contributed by atoms with Gasteiger partial charge in [-0.25, -0.2) is 0 Å². The number of benzene rings is 1. The van der Waals surface area contributed by atoms with Gasteiger partial charge in [0, 0.05) is 29.9 Å². The molecule has 20 heavy (non-hydrogen) atoms. The van der Waals surface area contributed by atoms with Gasteiger partial charge in [-0.1, -0.05) is 24.3 Å². The van der Waals surface area contributed by atoms with E-state index in [4.69, 9.17) is 5.84 Å². The number of nitrogens with zero attached hydrogens (tertiary/aromatic N) is 2. The third kappa shape index (κ3) is 2.52. The molecule has 1 unspecified atom stereocenters. The van der Waals surface area contributed by atoms with E-state index in [0.29, 0.717) is 0 Å². The molecule has 0 saturated carbocycles. The molecule has 2 heterocycles. The molecule has 0 aliphatic rings. The predicted octanol–water partition coefficient (Wildman–Crippen LogP) is 2.38. The summed E-state index contributed by atoms with van der Waals surface area (Å²) in [6.45, 7) is 0. The lowest BCUT2D eigenvalue weighted by atomic mass is 9.98. The smallest absolute Gasteiger partial charge is 0.0705 e. The Balaban J connectivity index is 1.99. The molecule has 3 aromatic rings. The number of hydrazine groups is 1. The summed E-state index contributed by atoms with van der Waals surface area (Å²) in [6, 6.07) is 16.0. The molecule has 0 radical (unpaired) electrons. The molecule has 0 fully saturated rings. The van der Waals surface area contributed by atoms with E-state index in [9.17, 15) is 0 Å². The fraction of sp³-hybridized carbons (Fsp3) is 0.125. The minimum Gasteiger partial charge on any atom is -0.271 e. The molecule has 2 aromatic heterocycles. The van der Waals surface area contributed by atoms with E-state index in [1.807, 2.05) is 48.7 Å². The van der Waals surface area contributed by atoms with Gasteiger partial charge in [0.1, 0.15) is 0 Å². The normalized spacial score (nSPS) is 12.4. The van der Waals surface area contributed by atoms with Gasteiger partial charge in [-0.05, 0) is 29.8 Å². The maximum Gasteiger partial charge on any atom is 0.0705 e. The molecule has 1 atom stereocenters. The fourth-order valence-electron chi connectivity index (χ4n) is 2.41. The van der Waals surface area contributed by atoms with Crippen LogP contribution in [0.25, 0.3) is 10.9 Å². The summed E-state index contributed by atoms with van der Waals surface area (Å²) in [6.07, 6.45) is 4.36. The van der Waals surface area contributed by atoms with Crippen LogP contribution in [0.4, 0.5) is 0 Å². The Bertz CT molecular complexity index is 692. The van der Waals surface area contributed by atoms with Crippen LogP contribution in [0.1, 0.15) is 17.3 Å². The van der Waals surface area contributed by atoms with Crippen LogP contribution >= 0.6 is 0 Å². The van der Waals surface area contributed by atoms with E-state index in [0.717, 1.165) is 28.6 Å². The van der Waals surface area contributed by atoms with Crippen molar-refractivity contribution in [2.45, 2.75) is 12.5 Å². The zero-order valence-corrected chi connectivity index (χ0v) is 11.0. The molecular formula is C16H16N4. The van der Waals surface area contributed by atoms with Crippen LogP contribution in [-0.4, -0.2) is 9.97 Å². The molecule has 100 valence electrons. The number of hydrogen-bond acceptors (Lipinski definition) is 4. The maximum atomic E-state index is 5.75. The van der Waals surface area contributed by atoms with Crippen molar-refractivity contribution in [3.8, 4) is 0 Å². The van der Waals surface area contributed by atoms with Gasteiger partial charge in [0.15, 0.2) is 0 Å². The van der Waals surface area contributed by atoms with Crippen LogP contribution in [0.3, 0.4) is 0 Å². The summed E-state index contributed by atoms with van der Waals surface area (Å²) in [5, 5.41) is 1.12. The Hall–Kier alpha value is -2.30. The third-order valence-electron chi connectivity index (χ3n) is 3.40. The molecule has 0 amide bonds. The highest BCUT2D eigenvalue weighted by Crippen LogP contribution is 2.24. The molecule has 3 N–H and O–H groups in total. The molecule has 0 saturated heterocycles. The first-order chi connectivity index (χ1) is 9.88. The van der Waals surface area contributed by atoms with E-state index in [2.05, 4.69) is 21.5 Å². The van der Waals surface area contributed by atoms with Crippen LogP contribution in [0, 0.1) is 0 Å². The molecule has 4 nitrogen and oxygen atoms in total. The average Bonchev–Trinajstić information content (AvgIpc) is 2.53. The monoisotopic (exact) mass is 264 g/mol. The number of pyridine rings is 2. The number of fused-ring (bicyclic) bond motifs is 1. The van der Waals surface area contributed by atoms with Crippen LogP contribution < -0.4 is 11.3 Å². The first-order valence-electron chi connectivity index (χ1n) is 6.58. The molecule has 0 aliphatic carbocycles. The average molecular weight is 264 g/mol. The summed E-state index contributed by atoms with van der Waals surface area (Å²) in [4.78, 5) is 8.74. The number of aromatic nitrogens is 2. The lowest BCUT2D eigenvalue weighted by Gasteiger charge is -2.17. The van der Waals surface area contributed by atoms with E-state index < -0.39 is 0 Å². The SMILES string of the molecule is NNC(Cc1ccccn1)c1ccnc2ccccc12. The Morgan fingerprint density at radius 1 is 0.950 bits per heavy atom. The number of para-hydroxylation sites is 1. The van der Waals surface area contributed by atoms with Gasteiger partial charge in [-0.3, -0.25) is 21.2 Å². The Labute approximate surface area is 117 Å². The Morgan fingerprint density at radius 3 is 2.60 bits per heavy atom. The van der Waals surface area contributed by atoms with Crippen molar-refractivity contribution in [1.29, 1.82) is 0 Å². The zero-order chi connectivity index (χ0) is 13.8. The molecule has 3 rings (SSSR count). The van der Waals surface area contributed by atoms with Crippen molar-refractivity contribution in [3.63, 3.8) is 0 Å². The topological polar surface area (TPSA) is 63.8 Å². The van der Waals surface area contributed by atoms with E-state index in [1.54, 1.807) is 6.20 Å². The van der Waals surface area contributed by atoms with E-state index in [1.165, 1.54) is 0 Å². The second-order valence-corrected chi connectivity index (χ2v) is 4.66. The van der Waals surface area contributed by atoms with Crippen molar-refractivity contribution >= 4 is 10.9 Å². The molecule has 0 spiro atoms. The van der Waals surface area contributed by atoms with Gasteiger partial charge in [0.2, 0.25) is 0 Å². The van der Waals surface area contributed by atoms with Gasteiger partial charge in [0.05, 0.1) is 11.6 Å². The van der Waals surface area contributed by atoms with Gasteiger partial charge in [-0.15, -0.1) is 0 Å². The minimum atomic E-state index is 0.0119. The van der Waals surface area contributed by atoms with E-state index in [-0.39, 0.29) is 6.04 Å². The summed E-state index contributed by atoms with van der Waals surface area (Å²) < 4.78 is 0. The van der Waals surface area contributed by atoms with Crippen LogP contribution in [0.5, 0.6) is 0 Å². The molecule has 0 bridgehead atoms. The van der Waals surface area contributed by atoms with Crippen molar-refractivity contribution < 1.29 is 0 Å². The van der Waals surface area contributed by atoms with Crippen molar-refractivity contribution in [2.24, 2.45) is 5.84 Å². The number of hydrogen-bond donors (Lipinski definition) is 2. The lowest BCUT2D eigenvalue weighted by Crippen LogP contribution is -2.30. The largest absolute Gasteiger partial charge is 0.271 e. The maximum absolute atomic E-state index is 5.75. The highest BCUT2D eigenvalue weighted by Gasteiger charge is 2.14. The number of rotatable bonds is 4. The van der Waals surface area contributed by atoms with Gasteiger partial charge < -0.3 is 0 Å². The molecule has 0 aliphatic heterocycles. The second kappa shape index (κ2) is 5.77. The van der Waals surface area contributed by atoms with Crippen LogP contribution in [-0.2, 0) is 6.42 Å². The summed E-state index contributed by atoms with van der Waals surface area (Å²) in [7, 11) is 0. The van der Waals surface area contributed by atoms with Gasteiger partial charge in [-0.2, -0.15) is 0 Å². The first-order valence-corrected chi connectivity index (χ1v) is 6.58. The molecule has 1 aromatic carbocycles. The van der Waals surface area contributed by atoms with Gasteiger partial charge in [0.25, 0.3) is 0 Å². The Kier molecular flexibility index (Phi) is 3.67. The molecular weight excluding hydrogens is 248 g/mol. The predicted molar refractivity (Wildman–Crippen MR) is 79.7 cm³/mol. The molecule has 4 heteroatoms. The van der Waals surface area contributed by atoms with E-state index >= 15 is 0 Å². The first kappa shape index (κ1) is 12.7. The Morgan fingerprint density at radius 2 is 1.80 bits per heavy atom. The quantitative estimate of drug-likeness (QED) is 0.561. The van der Waals surface area contributed by atoms with Crippen molar-refractivity contribution in [2.75, 3.05) is 0 Å². The van der Waals surface area contributed by atoms with Crippen molar-refractivity contribution in [1.82, 2.24) is 15.4 Å². The van der Waals surface area contributed by atoms with Gasteiger partial charge >= 0.3 is 0 Å². The lowest BCUT2D eigenvalue weighted by molar-refractivity contribution is 0.549. The fourth-order valence-corrected chi connectivity index (χ4v) is 2.41. The minimum absolute atomic E-state index is 0.0119. The third-order valence-corrected chi connectivity index (χ3v) is 3.40. The summed E-state index contributed by atoms with van der Waals surface area (Å²) in [5.74, 6) is 5.75. The highest BCUT2D eigenvalue weighted by atomic mass is 15.2. The second-order valence-electron chi connectivity index (χ2n) is 4.66. The number of nitrogens with two attached hydrogens (primary N) is 1. The van der Waals surface area contributed by atoms with Crippen LogP contribution in [0.15, 0.2) is 60.9 Å². The zero-order valence-electron chi connectivity index (χ0n) is 11.0. The standard InChI is InChI=1S/C16H16N4/c17-20-16(11-12-5-3-4-9-18-12)14-8-10-19-15-7-2-1-6-13(14)15/h1-10,16,20H,11,17H2. The highest BCUT2D eigenvalue weighted by molar-refractivity contribution is 5.82. The van der Waals surface area contributed by atoms with Crippen molar-refractivity contribution in [3.05, 3.63) is 72.2 Å². The number of nitrogens with one attached hydrogen (secondary N) is 1. The summed E-state index contributed by atoms with van der Waals surface area (Å²) in [5.41, 5.74) is 6.02.